The van der Waals surface area contributed by atoms with Gasteiger partial charge in [-0.1, -0.05) is 12.6 Å². The first-order chi connectivity index (χ1) is 14.9. The molecule has 7 nitrogen and oxygen atoms in total. The number of esters is 1. The van der Waals surface area contributed by atoms with Crippen LogP contribution >= 0.6 is 0 Å². The lowest BCUT2D eigenvalue weighted by molar-refractivity contribution is -0.127. The van der Waals surface area contributed by atoms with Crippen molar-refractivity contribution in [2.24, 2.45) is 0 Å². The second-order valence-electron chi connectivity index (χ2n) is 8.12. The molecule has 1 aromatic carbocycles. The Morgan fingerprint density at radius 2 is 2.13 bits per heavy atom. The maximum atomic E-state index is 13.2. The highest BCUT2D eigenvalue weighted by atomic mass is 16.7. The number of rotatable bonds is 5. The highest BCUT2D eigenvalue weighted by Crippen LogP contribution is 2.37. The number of piperidine rings is 1. The van der Waals surface area contributed by atoms with Crippen LogP contribution in [-0.4, -0.2) is 46.7 Å². The molecule has 1 fully saturated rings. The number of ether oxygens (including phenoxy) is 3. The van der Waals surface area contributed by atoms with E-state index in [1.165, 1.54) is 0 Å². The highest BCUT2D eigenvalue weighted by Gasteiger charge is 2.36. The fourth-order valence-electron chi connectivity index (χ4n) is 4.02. The van der Waals surface area contributed by atoms with Crippen molar-refractivity contribution in [3.63, 3.8) is 0 Å². The van der Waals surface area contributed by atoms with Gasteiger partial charge in [0.25, 0.3) is 5.91 Å². The van der Waals surface area contributed by atoms with Crippen LogP contribution in [0.5, 0.6) is 11.5 Å². The van der Waals surface area contributed by atoms with E-state index in [2.05, 4.69) is 11.6 Å². The van der Waals surface area contributed by atoms with Gasteiger partial charge in [0.1, 0.15) is 23.7 Å². The molecule has 0 spiro atoms. The van der Waals surface area contributed by atoms with Crippen LogP contribution < -0.4 is 9.47 Å². The van der Waals surface area contributed by atoms with Crippen LogP contribution in [0.1, 0.15) is 59.5 Å². The van der Waals surface area contributed by atoms with Crippen LogP contribution in [0.15, 0.2) is 43.1 Å². The molecule has 7 heteroatoms. The second kappa shape index (κ2) is 8.41. The van der Waals surface area contributed by atoms with Crippen molar-refractivity contribution >= 4 is 18.0 Å². The third-order valence-corrected chi connectivity index (χ3v) is 5.47. The molecule has 0 radical (unpaired) electrons. The molecule has 0 saturated carbocycles. The van der Waals surface area contributed by atoms with Crippen LogP contribution in [0.4, 0.5) is 0 Å². The van der Waals surface area contributed by atoms with Crippen molar-refractivity contribution in [2.45, 2.75) is 44.9 Å². The Balaban J connectivity index is 1.53. The fourth-order valence-corrected chi connectivity index (χ4v) is 4.02. The smallest absolute Gasteiger partial charge is 0.349 e. The molecule has 3 heterocycles. The molecule has 0 aliphatic carbocycles. The Hall–Kier alpha value is -3.35. The lowest BCUT2D eigenvalue weighted by atomic mass is 10.0. The maximum Gasteiger partial charge on any atom is 0.349 e. The van der Waals surface area contributed by atoms with Gasteiger partial charge in [0.05, 0.1) is 17.3 Å². The number of amides is 1. The summed E-state index contributed by atoms with van der Waals surface area (Å²) < 4.78 is 17.2. The second-order valence-corrected chi connectivity index (χ2v) is 8.12. The summed E-state index contributed by atoms with van der Waals surface area (Å²) in [6.45, 7) is 8.04. The minimum absolute atomic E-state index is 0.0871. The molecule has 0 N–H and O–H groups in total. The molecule has 1 saturated heterocycles. The SMILES string of the molecule is C=Cc1ncccc1C(=O)N1CCCC[C@H]1COc1cccc2c1C(=O)OC(C)(C)O2. The zero-order valence-corrected chi connectivity index (χ0v) is 17.8. The monoisotopic (exact) mass is 422 g/mol. The molecule has 4 rings (SSSR count). The van der Waals surface area contributed by atoms with Gasteiger partial charge < -0.3 is 19.1 Å². The number of benzene rings is 1. The molecule has 1 aromatic heterocycles. The zero-order valence-electron chi connectivity index (χ0n) is 17.8. The number of hydrogen-bond donors (Lipinski definition) is 0. The van der Waals surface area contributed by atoms with Crippen molar-refractivity contribution in [3.05, 3.63) is 59.9 Å². The first-order valence-electron chi connectivity index (χ1n) is 10.5. The summed E-state index contributed by atoms with van der Waals surface area (Å²) >= 11 is 0. The van der Waals surface area contributed by atoms with Crippen LogP contribution in [0.3, 0.4) is 0 Å². The number of fused-ring (bicyclic) bond motifs is 1. The number of carbonyl (C=O) groups excluding carboxylic acids is 2. The Bertz CT molecular complexity index is 1020. The van der Waals surface area contributed by atoms with Gasteiger partial charge in [0.2, 0.25) is 5.79 Å². The molecular weight excluding hydrogens is 396 g/mol. The number of aromatic nitrogens is 1. The van der Waals surface area contributed by atoms with E-state index in [1.807, 2.05) is 4.90 Å². The molecule has 31 heavy (non-hydrogen) atoms. The van der Waals surface area contributed by atoms with Crippen molar-refractivity contribution < 1.29 is 23.8 Å². The van der Waals surface area contributed by atoms with E-state index in [4.69, 9.17) is 14.2 Å². The quantitative estimate of drug-likeness (QED) is 0.676. The summed E-state index contributed by atoms with van der Waals surface area (Å²) in [5, 5.41) is 0. The topological polar surface area (TPSA) is 78.0 Å². The molecule has 0 bridgehead atoms. The van der Waals surface area contributed by atoms with Crippen molar-refractivity contribution in [3.8, 4) is 11.5 Å². The Morgan fingerprint density at radius 1 is 1.29 bits per heavy atom. The average Bonchev–Trinajstić information content (AvgIpc) is 2.76. The van der Waals surface area contributed by atoms with Gasteiger partial charge in [-0.15, -0.1) is 0 Å². The van der Waals surface area contributed by atoms with Crippen molar-refractivity contribution in [2.75, 3.05) is 13.2 Å². The third-order valence-electron chi connectivity index (χ3n) is 5.47. The highest BCUT2D eigenvalue weighted by molar-refractivity contribution is 5.97. The lowest BCUT2D eigenvalue weighted by Crippen LogP contribution is -2.47. The van der Waals surface area contributed by atoms with E-state index in [9.17, 15) is 9.59 Å². The first kappa shape index (κ1) is 20.9. The molecule has 2 aromatic rings. The van der Waals surface area contributed by atoms with E-state index in [-0.39, 0.29) is 24.1 Å². The average molecular weight is 422 g/mol. The summed E-state index contributed by atoms with van der Waals surface area (Å²) in [4.78, 5) is 31.9. The molecule has 1 atom stereocenters. The maximum absolute atomic E-state index is 13.2. The Labute approximate surface area is 181 Å². The van der Waals surface area contributed by atoms with Gasteiger partial charge in [-0.3, -0.25) is 9.78 Å². The summed E-state index contributed by atoms with van der Waals surface area (Å²) in [5.41, 5.74) is 1.37. The van der Waals surface area contributed by atoms with Gasteiger partial charge in [0.15, 0.2) is 0 Å². The van der Waals surface area contributed by atoms with Gasteiger partial charge in [-0.25, -0.2) is 4.79 Å². The minimum atomic E-state index is -1.03. The summed E-state index contributed by atoms with van der Waals surface area (Å²) in [6, 6.07) is 8.61. The molecular formula is C24H26N2O5. The Kier molecular flexibility index (Phi) is 5.67. The molecule has 0 unspecified atom stereocenters. The number of cyclic esters (lactones) is 1. The fraction of sp³-hybridized carbons (Fsp3) is 0.375. The standard InChI is InChI=1S/C24H26N2O5/c1-4-18-17(10-8-13-25-18)22(27)26-14-6-5-9-16(26)15-29-19-11-7-12-20-21(19)23(28)31-24(2,3)30-20/h4,7-8,10-13,16H,1,5-6,9,14-15H2,2-3H3/t16-/m0/s1. The number of hydrogen-bond acceptors (Lipinski definition) is 6. The normalized spacial score (nSPS) is 19.6. The van der Waals surface area contributed by atoms with Crippen molar-refractivity contribution in [1.82, 2.24) is 9.88 Å². The lowest BCUT2D eigenvalue weighted by Gasteiger charge is -2.36. The largest absolute Gasteiger partial charge is 0.490 e. The Morgan fingerprint density at radius 3 is 2.94 bits per heavy atom. The van der Waals surface area contributed by atoms with E-state index in [0.717, 1.165) is 19.3 Å². The minimum Gasteiger partial charge on any atom is -0.490 e. The van der Waals surface area contributed by atoms with Gasteiger partial charge >= 0.3 is 5.97 Å². The number of likely N-dealkylation sites (tertiary alicyclic amines) is 1. The number of pyridine rings is 1. The summed E-state index contributed by atoms with van der Waals surface area (Å²) in [7, 11) is 0. The van der Waals surface area contributed by atoms with E-state index < -0.39 is 11.8 Å². The van der Waals surface area contributed by atoms with Gasteiger partial charge in [-0.05, 0) is 49.6 Å². The van der Waals surface area contributed by atoms with Crippen LogP contribution in [0.25, 0.3) is 6.08 Å². The predicted octanol–water partition coefficient (Wildman–Crippen LogP) is 4.08. The van der Waals surface area contributed by atoms with Crippen LogP contribution in [0, 0.1) is 0 Å². The number of carbonyl (C=O) groups is 2. The van der Waals surface area contributed by atoms with E-state index in [1.54, 1.807) is 56.5 Å². The summed E-state index contributed by atoms with van der Waals surface area (Å²) in [6.07, 6.45) is 5.99. The number of nitrogens with zero attached hydrogens (tertiary/aromatic N) is 2. The predicted molar refractivity (Wildman–Crippen MR) is 115 cm³/mol. The molecule has 1 amide bonds. The third kappa shape index (κ3) is 4.26. The van der Waals surface area contributed by atoms with E-state index >= 15 is 0 Å². The van der Waals surface area contributed by atoms with Gasteiger partial charge in [0, 0.05) is 26.6 Å². The molecule has 2 aliphatic rings. The first-order valence-corrected chi connectivity index (χ1v) is 10.5. The zero-order chi connectivity index (χ0) is 22.0. The summed E-state index contributed by atoms with van der Waals surface area (Å²) in [5.74, 6) is -0.771. The van der Waals surface area contributed by atoms with Crippen LogP contribution in [-0.2, 0) is 4.74 Å². The molecule has 2 aliphatic heterocycles. The van der Waals surface area contributed by atoms with E-state index in [0.29, 0.717) is 29.3 Å². The van der Waals surface area contributed by atoms with Crippen molar-refractivity contribution in [1.29, 1.82) is 0 Å². The molecule has 162 valence electrons. The van der Waals surface area contributed by atoms with Crippen LogP contribution in [0.2, 0.25) is 0 Å². The van der Waals surface area contributed by atoms with Gasteiger partial charge in [-0.2, -0.15) is 0 Å².